The smallest absolute Gasteiger partial charge is 0.121 e. The Labute approximate surface area is 114 Å². The number of hydrogen-bond donors (Lipinski definition) is 0. The Morgan fingerprint density at radius 2 is 2.16 bits per heavy atom. The molecule has 0 spiro atoms. The van der Waals surface area contributed by atoms with Crippen LogP contribution in [-0.2, 0) is 4.84 Å². The highest BCUT2D eigenvalue weighted by Gasteiger charge is 2.23. The van der Waals surface area contributed by atoms with Gasteiger partial charge in [-0.05, 0) is 38.1 Å². The molecule has 2 aliphatic rings. The highest BCUT2D eigenvalue weighted by molar-refractivity contribution is 6.00. The molecule has 0 bridgehead atoms. The molecule has 0 saturated carbocycles. The van der Waals surface area contributed by atoms with Crippen LogP contribution in [0.5, 0.6) is 0 Å². The molecule has 1 unspecified atom stereocenters. The van der Waals surface area contributed by atoms with E-state index in [4.69, 9.17) is 4.84 Å². The van der Waals surface area contributed by atoms with Crippen molar-refractivity contribution in [3.63, 3.8) is 0 Å². The summed E-state index contributed by atoms with van der Waals surface area (Å²) >= 11 is 0. The minimum atomic E-state index is 0.561. The van der Waals surface area contributed by atoms with Crippen LogP contribution in [-0.4, -0.2) is 41.8 Å². The molecule has 2 aliphatic heterocycles. The molecule has 1 atom stereocenters. The third kappa shape index (κ3) is 3.32. The van der Waals surface area contributed by atoms with Gasteiger partial charge in [0, 0.05) is 36.8 Å². The molecule has 0 aromatic carbocycles. The van der Waals surface area contributed by atoms with Gasteiger partial charge in [0.15, 0.2) is 0 Å². The van der Waals surface area contributed by atoms with Crippen LogP contribution in [0.3, 0.4) is 0 Å². The van der Waals surface area contributed by atoms with Gasteiger partial charge in [0.1, 0.15) is 6.61 Å². The maximum Gasteiger partial charge on any atom is 0.121 e. The van der Waals surface area contributed by atoms with Gasteiger partial charge in [0.25, 0.3) is 0 Å². The Hall–Kier alpha value is -1.42. The first-order valence-corrected chi connectivity index (χ1v) is 7.23. The normalized spacial score (nSPS) is 24.6. The number of aromatic nitrogens is 1. The van der Waals surface area contributed by atoms with E-state index in [1.165, 1.54) is 32.4 Å². The van der Waals surface area contributed by atoms with E-state index in [1.54, 1.807) is 6.20 Å². The Bertz CT molecular complexity index is 426. The molecule has 3 heterocycles. The van der Waals surface area contributed by atoms with Crippen molar-refractivity contribution < 1.29 is 4.84 Å². The predicted molar refractivity (Wildman–Crippen MR) is 75.1 cm³/mol. The standard InChI is InChI=1S/C15H21N3O/c1-2-7-18(8-3-1)11-13-9-15(17-19-12-13)14-5-4-6-16-10-14/h4-6,10,13H,1-3,7-9,11-12H2. The average Bonchev–Trinajstić information content (AvgIpc) is 2.49. The number of pyridine rings is 1. The molecule has 0 N–H and O–H groups in total. The van der Waals surface area contributed by atoms with Crippen molar-refractivity contribution in [1.29, 1.82) is 0 Å². The van der Waals surface area contributed by atoms with Gasteiger partial charge < -0.3 is 9.74 Å². The van der Waals surface area contributed by atoms with E-state index in [0.717, 1.165) is 30.8 Å². The topological polar surface area (TPSA) is 37.7 Å². The lowest BCUT2D eigenvalue weighted by molar-refractivity contribution is 0.0714. The SMILES string of the molecule is c1cncc(C2=NOCC(CN3CCCCC3)C2)c1. The Balaban J connectivity index is 1.59. The van der Waals surface area contributed by atoms with Crippen LogP contribution in [0, 0.1) is 5.92 Å². The van der Waals surface area contributed by atoms with Gasteiger partial charge in [-0.1, -0.05) is 11.6 Å². The molecule has 3 rings (SSSR count). The largest absolute Gasteiger partial charge is 0.395 e. The average molecular weight is 259 g/mol. The van der Waals surface area contributed by atoms with Gasteiger partial charge in [-0.15, -0.1) is 0 Å². The second kappa shape index (κ2) is 6.15. The zero-order valence-corrected chi connectivity index (χ0v) is 11.3. The summed E-state index contributed by atoms with van der Waals surface area (Å²) in [6.07, 6.45) is 8.74. The quantitative estimate of drug-likeness (QED) is 0.836. The molecule has 4 nitrogen and oxygen atoms in total. The van der Waals surface area contributed by atoms with E-state index in [9.17, 15) is 0 Å². The van der Waals surface area contributed by atoms with E-state index in [-0.39, 0.29) is 0 Å². The van der Waals surface area contributed by atoms with E-state index in [2.05, 4.69) is 21.1 Å². The van der Waals surface area contributed by atoms with Gasteiger partial charge in [-0.25, -0.2) is 0 Å². The van der Waals surface area contributed by atoms with Crippen LogP contribution in [0.15, 0.2) is 29.7 Å². The summed E-state index contributed by atoms with van der Waals surface area (Å²) in [5.74, 6) is 0.561. The van der Waals surface area contributed by atoms with Crippen LogP contribution in [0.4, 0.5) is 0 Å². The first-order valence-electron chi connectivity index (χ1n) is 7.23. The highest BCUT2D eigenvalue weighted by Crippen LogP contribution is 2.19. The molecule has 0 aliphatic carbocycles. The van der Waals surface area contributed by atoms with Gasteiger partial charge >= 0.3 is 0 Å². The van der Waals surface area contributed by atoms with E-state index >= 15 is 0 Å². The molecular formula is C15H21N3O. The van der Waals surface area contributed by atoms with Crippen molar-refractivity contribution >= 4 is 5.71 Å². The van der Waals surface area contributed by atoms with Gasteiger partial charge in [0.05, 0.1) is 5.71 Å². The molecule has 1 saturated heterocycles. The van der Waals surface area contributed by atoms with Crippen molar-refractivity contribution in [2.24, 2.45) is 11.1 Å². The van der Waals surface area contributed by atoms with Crippen LogP contribution in [0.2, 0.25) is 0 Å². The van der Waals surface area contributed by atoms with E-state index in [1.807, 2.05) is 12.3 Å². The number of likely N-dealkylation sites (tertiary alicyclic amines) is 1. The summed E-state index contributed by atoms with van der Waals surface area (Å²) in [6.45, 7) is 4.38. The number of piperidine rings is 1. The first kappa shape index (κ1) is 12.6. The number of nitrogens with zero attached hydrogens (tertiary/aromatic N) is 3. The van der Waals surface area contributed by atoms with Crippen molar-refractivity contribution in [1.82, 2.24) is 9.88 Å². The van der Waals surface area contributed by atoms with Crippen LogP contribution in [0.25, 0.3) is 0 Å². The summed E-state index contributed by atoms with van der Waals surface area (Å²) in [6, 6.07) is 4.00. The van der Waals surface area contributed by atoms with E-state index < -0.39 is 0 Å². The predicted octanol–water partition coefficient (Wildman–Crippen LogP) is 2.31. The number of rotatable bonds is 3. The third-order valence-corrected chi connectivity index (χ3v) is 3.93. The monoisotopic (exact) mass is 259 g/mol. The fourth-order valence-electron chi connectivity index (χ4n) is 2.92. The van der Waals surface area contributed by atoms with Gasteiger partial charge in [0.2, 0.25) is 0 Å². The fourth-order valence-corrected chi connectivity index (χ4v) is 2.92. The maximum atomic E-state index is 5.42. The Kier molecular flexibility index (Phi) is 4.08. The first-order chi connectivity index (χ1) is 9.42. The summed E-state index contributed by atoms with van der Waals surface area (Å²) in [5.41, 5.74) is 2.13. The molecule has 1 aromatic heterocycles. The van der Waals surface area contributed by atoms with Crippen molar-refractivity contribution in [2.45, 2.75) is 25.7 Å². The molecule has 4 heteroatoms. The third-order valence-electron chi connectivity index (χ3n) is 3.93. The molecule has 1 fully saturated rings. The van der Waals surface area contributed by atoms with Crippen LogP contribution < -0.4 is 0 Å². The minimum absolute atomic E-state index is 0.561. The summed E-state index contributed by atoms with van der Waals surface area (Å²) < 4.78 is 0. The lowest BCUT2D eigenvalue weighted by Gasteiger charge is -2.31. The molecule has 0 radical (unpaired) electrons. The Morgan fingerprint density at radius 1 is 1.26 bits per heavy atom. The molecule has 102 valence electrons. The lowest BCUT2D eigenvalue weighted by Crippen LogP contribution is -2.37. The molecular weight excluding hydrogens is 238 g/mol. The second-order valence-electron chi connectivity index (χ2n) is 5.51. The number of oxime groups is 1. The second-order valence-corrected chi connectivity index (χ2v) is 5.51. The molecule has 19 heavy (non-hydrogen) atoms. The summed E-state index contributed by atoms with van der Waals surface area (Å²) in [7, 11) is 0. The van der Waals surface area contributed by atoms with Crippen LogP contribution >= 0.6 is 0 Å². The van der Waals surface area contributed by atoms with Crippen LogP contribution in [0.1, 0.15) is 31.2 Å². The van der Waals surface area contributed by atoms with E-state index in [0.29, 0.717) is 5.92 Å². The highest BCUT2D eigenvalue weighted by atomic mass is 16.6. The zero-order valence-electron chi connectivity index (χ0n) is 11.3. The molecule has 0 amide bonds. The van der Waals surface area contributed by atoms with Crippen molar-refractivity contribution in [3.05, 3.63) is 30.1 Å². The van der Waals surface area contributed by atoms with Gasteiger partial charge in [-0.3, -0.25) is 4.98 Å². The van der Waals surface area contributed by atoms with Crippen molar-refractivity contribution in [2.75, 3.05) is 26.2 Å². The number of hydrogen-bond acceptors (Lipinski definition) is 4. The maximum absolute atomic E-state index is 5.42. The summed E-state index contributed by atoms with van der Waals surface area (Å²) in [4.78, 5) is 12.2. The summed E-state index contributed by atoms with van der Waals surface area (Å²) in [5, 5.41) is 4.20. The van der Waals surface area contributed by atoms with Gasteiger partial charge in [-0.2, -0.15) is 0 Å². The zero-order chi connectivity index (χ0) is 12.9. The molecule has 1 aromatic rings. The fraction of sp³-hybridized carbons (Fsp3) is 0.600. The lowest BCUT2D eigenvalue weighted by atomic mass is 9.97. The minimum Gasteiger partial charge on any atom is -0.395 e. The van der Waals surface area contributed by atoms with Crippen molar-refractivity contribution in [3.8, 4) is 0 Å². The Morgan fingerprint density at radius 3 is 2.95 bits per heavy atom.